The molecule has 27 heavy (non-hydrogen) atoms. The van der Waals surface area contributed by atoms with Gasteiger partial charge in [-0.05, 0) is 37.3 Å². The zero-order chi connectivity index (χ0) is 19.2. The first-order valence-corrected chi connectivity index (χ1v) is 10.5. The van der Waals surface area contributed by atoms with Crippen LogP contribution >= 0.6 is 0 Å². The highest BCUT2D eigenvalue weighted by Crippen LogP contribution is 2.25. The largest absolute Gasteiger partial charge is 0.344 e. The molecule has 1 aliphatic heterocycles. The molecule has 3 rings (SSSR count). The summed E-state index contributed by atoms with van der Waals surface area (Å²) in [6.07, 6.45) is 6.37. The van der Waals surface area contributed by atoms with Crippen molar-refractivity contribution >= 4 is 11.8 Å². The van der Waals surface area contributed by atoms with Crippen molar-refractivity contribution in [2.24, 2.45) is 5.92 Å². The Morgan fingerprint density at radius 2 is 1.89 bits per heavy atom. The number of nitrogens with zero attached hydrogens (tertiary/aromatic N) is 1. The Morgan fingerprint density at radius 3 is 2.56 bits per heavy atom. The van der Waals surface area contributed by atoms with Crippen molar-refractivity contribution in [1.29, 1.82) is 0 Å². The second-order valence-corrected chi connectivity index (χ2v) is 7.91. The van der Waals surface area contributed by atoms with Gasteiger partial charge in [-0.3, -0.25) is 9.59 Å². The summed E-state index contributed by atoms with van der Waals surface area (Å²) in [5, 5.41) is 6.38. The molecule has 1 saturated carbocycles. The highest BCUT2D eigenvalue weighted by atomic mass is 16.2. The van der Waals surface area contributed by atoms with Crippen molar-refractivity contribution in [2.75, 3.05) is 19.6 Å². The molecule has 5 nitrogen and oxygen atoms in total. The van der Waals surface area contributed by atoms with Crippen LogP contribution in [0.1, 0.15) is 63.1 Å². The fourth-order valence-corrected chi connectivity index (χ4v) is 4.25. The van der Waals surface area contributed by atoms with E-state index in [1.165, 1.54) is 12.0 Å². The van der Waals surface area contributed by atoms with Crippen LogP contribution in [0.25, 0.3) is 0 Å². The van der Waals surface area contributed by atoms with Gasteiger partial charge < -0.3 is 15.5 Å². The first kappa shape index (κ1) is 19.9. The summed E-state index contributed by atoms with van der Waals surface area (Å²) in [4.78, 5) is 27.6. The SMILES string of the molecule is CCc1ccc(C2CNCCN2C(=O)[C@H](C)NC(=O)C2CCCCC2)cc1. The Morgan fingerprint density at radius 1 is 1.19 bits per heavy atom. The molecule has 0 bridgehead atoms. The van der Waals surface area contributed by atoms with E-state index in [0.717, 1.165) is 50.8 Å². The molecule has 2 amide bonds. The van der Waals surface area contributed by atoms with Gasteiger partial charge in [0.05, 0.1) is 6.04 Å². The number of hydrogen-bond donors (Lipinski definition) is 2. The molecule has 2 fully saturated rings. The lowest BCUT2D eigenvalue weighted by atomic mass is 9.88. The van der Waals surface area contributed by atoms with Crippen LogP contribution in [-0.4, -0.2) is 42.4 Å². The van der Waals surface area contributed by atoms with Crippen LogP contribution in [-0.2, 0) is 16.0 Å². The van der Waals surface area contributed by atoms with E-state index in [0.29, 0.717) is 6.54 Å². The van der Waals surface area contributed by atoms with Crippen LogP contribution in [0.4, 0.5) is 0 Å². The van der Waals surface area contributed by atoms with E-state index >= 15 is 0 Å². The van der Waals surface area contributed by atoms with Gasteiger partial charge in [0.15, 0.2) is 0 Å². The van der Waals surface area contributed by atoms with Gasteiger partial charge in [-0.15, -0.1) is 0 Å². The Hall–Kier alpha value is -1.88. The van der Waals surface area contributed by atoms with E-state index in [2.05, 4.69) is 41.8 Å². The number of amides is 2. The molecule has 1 aliphatic carbocycles. The molecule has 2 N–H and O–H groups in total. The summed E-state index contributed by atoms with van der Waals surface area (Å²) in [5.41, 5.74) is 2.45. The van der Waals surface area contributed by atoms with E-state index < -0.39 is 6.04 Å². The fourth-order valence-electron chi connectivity index (χ4n) is 4.25. The van der Waals surface area contributed by atoms with Crippen LogP contribution in [0, 0.1) is 5.92 Å². The van der Waals surface area contributed by atoms with Gasteiger partial charge in [0.2, 0.25) is 11.8 Å². The fraction of sp³-hybridized carbons (Fsp3) is 0.636. The number of aryl methyl sites for hydroxylation is 1. The average Bonchev–Trinajstić information content (AvgIpc) is 2.73. The lowest BCUT2D eigenvalue weighted by molar-refractivity contribution is -0.139. The minimum atomic E-state index is -0.477. The maximum atomic E-state index is 13.1. The number of carbonyl (C=O) groups is 2. The van der Waals surface area contributed by atoms with Crippen molar-refractivity contribution in [3.05, 3.63) is 35.4 Å². The first-order valence-electron chi connectivity index (χ1n) is 10.5. The van der Waals surface area contributed by atoms with Crippen LogP contribution in [0.3, 0.4) is 0 Å². The highest BCUT2D eigenvalue weighted by Gasteiger charge is 2.32. The van der Waals surface area contributed by atoms with Crippen LogP contribution in [0.15, 0.2) is 24.3 Å². The number of hydrogen-bond acceptors (Lipinski definition) is 3. The number of rotatable bonds is 5. The van der Waals surface area contributed by atoms with Crippen LogP contribution < -0.4 is 10.6 Å². The smallest absolute Gasteiger partial charge is 0.245 e. The third kappa shape index (κ3) is 4.89. The number of nitrogens with one attached hydrogen (secondary N) is 2. The maximum Gasteiger partial charge on any atom is 0.245 e. The lowest BCUT2D eigenvalue weighted by Crippen LogP contribution is -2.55. The minimum absolute atomic E-state index is 0.0187. The summed E-state index contributed by atoms with van der Waals surface area (Å²) in [7, 11) is 0. The Balaban J connectivity index is 1.65. The van der Waals surface area contributed by atoms with Crippen molar-refractivity contribution in [3.63, 3.8) is 0 Å². The second-order valence-electron chi connectivity index (χ2n) is 7.91. The molecule has 1 aromatic rings. The Kier molecular flexibility index (Phi) is 6.89. The van der Waals surface area contributed by atoms with E-state index in [-0.39, 0.29) is 23.8 Å². The molecular weight excluding hydrogens is 338 g/mol. The van der Waals surface area contributed by atoms with E-state index in [9.17, 15) is 9.59 Å². The van der Waals surface area contributed by atoms with Gasteiger partial charge in [-0.1, -0.05) is 50.5 Å². The molecule has 1 saturated heterocycles. The molecule has 0 radical (unpaired) electrons. The molecular formula is C22H33N3O2. The van der Waals surface area contributed by atoms with Crippen LogP contribution in [0.2, 0.25) is 0 Å². The molecule has 148 valence electrons. The molecule has 0 aromatic heterocycles. The molecule has 5 heteroatoms. The monoisotopic (exact) mass is 371 g/mol. The number of piperazine rings is 1. The van der Waals surface area contributed by atoms with Gasteiger partial charge in [0, 0.05) is 25.6 Å². The summed E-state index contributed by atoms with van der Waals surface area (Å²) in [6, 6.07) is 8.08. The highest BCUT2D eigenvalue weighted by molar-refractivity contribution is 5.88. The van der Waals surface area contributed by atoms with Gasteiger partial charge >= 0.3 is 0 Å². The number of carbonyl (C=O) groups excluding carboxylic acids is 2. The summed E-state index contributed by atoms with van der Waals surface area (Å²) < 4.78 is 0. The predicted octanol–water partition coefficient (Wildman–Crippen LogP) is 2.81. The third-order valence-corrected chi connectivity index (χ3v) is 6.00. The molecule has 1 heterocycles. The Labute approximate surface area is 162 Å². The normalized spacial score (nSPS) is 22.3. The zero-order valence-corrected chi connectivity index (χ0v) is 16.7. The number of benzene rings is 1. The van der Waals surface area contributed by atoms with Gasteiger partial charge in [-0.2, -0.15) is 0 Å². The second kappa shape index (κ2) is 9.36. The van der Waals surface area contributed by atoms with Crippen molar-refractivity contribution in [3.8, 4) is 0 Å². The van der Waals surface area contributed by atoms with E-state index in [4.69, 9.17) is 0 Å². The molecule has 1 unspecified atom stereocenters. The lowest BCUT2D eigenvalue weighted by Gasteiger charge is -2.38. The first-order chi connectivity index (χ1) is 13.1. The predicted molar refractivity (Wildman–Crippen MR) is 107 cm³/mol. The zero-order valence-electron chi connectivity index (χ0n) is 16.7. The van der Waals surface area contributed by atoms with E-state index in [1.807, 2.05) is 11.8 Å². The van der Waals surface area contributed by atoms with Gasteiger partial charge in [0.25, 0.3) is 0 Å². The van der Waals surface area contributed by atoms with Crippen molar-refractivity contribution in [1.82, 2.24) is 15.5 Å². The van der Waals surface area contributed by atoms with Crippen molar-refractivity contribution < 1.29 is 9.59 Å². The molecule has 1 aromatic carbocycles. The standard InChI is InChI=1S/C22H33N3O2/c1-3-17-9-11-18(12-10-17)20-15-23-13-14-25(20)22(27)16(2)24-21(26)19-7-5-4-6-8-19/h9-12,16,19-20,23H,3-8,13-15H2,1-2H3,(H,24,26)/t16-,20?/m0/s1. The quantitative estimate of drug-likeness (QED) is 0.837. The third-order valence-electron chi connectivity index (χ3n) is 6.00. The molecule has 0 spiro atoms. The maximum absolute atomic E-state index is 13.1. The Bertz CT molecular complexity index is 637. The molecule has 2 atom stereocenters. The minimum Gasteiger partial charge on any atom is -0.344 e. The summed E-state index contributed by atoms with van der Waals surface area (Å²) >= 11 is 0. The molecule has 2 aliphatic rings. The van der Waals surface area contributed by atoms with Crippen molar-refractivity contribution in [2.45, 2.75) is 64.5 Å². The topological polar surface area (TPSA) is 61.4 Å². The van der Waals surface area contributed by atoms with E-state index in [1.54, 1.807) is 0 Å². The summed E-state index contributed by atoms with van der Waals surface area (Å²) in [5.74, 6) is 0.147. The average molecular weight is 372 g/mol. The summed E-state index contributed by atoms with van der Waals surface area (Å²) in [6.45, 7) is 6.17. The van der Waals surface area contributed by atoms with Crippen LogP contribution in [0.5, 0.6) is 0 Å². The van der Waals surface area contributed by atoms with Gasteiger partial charge in [0.1, 0.15) is 6.04 Å². The van der Waals surface area contributed by atoms with Gasteiger partial charge in [-0.25, -0.2) is 0 Å².